The molecule has 0 bridgehead atoms. The van der Waals surface area contributed by atoms with Crippen LogP contribution in [0.2, 0.25) is 5.02 Å². The van der Waals surface area contributed by atoms with Crippen molar-refractivity contribution in [2.75, 3.05) is 4.72 Å². The van der Waals surface area contributed by atoms with Crippen LogP contribution in [0.1, 0.15) is 0 Å². The molecule has 1 heterocycles. The number of pyridine rings is 1. The van der Waals surface area contributed by atoms with Gasteiger partial charge in [0.05, 0.1) is 16.0 Å². The van der Waals surface area contributed by atoms with Crippen LogP contribution >= 0.6 is 11.6 Å². The second kappa shape index (κ2) is 5.62. The molecular weight excluding hydrogens is 325 g/mol. The Bertz CT molecular complexity index is 813. The molecule has 2 rings (SSSR count). The summed E-state index contributed by atoms with van der Waals surface area (Å²) in [6.45, 7) is 0. The normalized spacial score (nSPS) is 11.1. The first-order chi connectivity index (χ1) is 9.81. The minimum Gasteiger partial charge on any atom is -0.273 e. The van der Waals surface area contributed by atoms with Gasteiger partial charge in [0.1, 0.15) is 16.4 Å². The minimum atomic E-state index is -4.18. The van der Waals surface area contributed by atoms with E-state index in [-0.39, 0.29) is 15.6 Å². The molecule has 0 aliphatic heterocycles. The molecule has 0 aliphatic rings. The summed E-state index contributed by atoms with van der Waals surface area (Å²) < 4.78 is 39.3. The fraction of sp³-hybridized carbons (Fsp3) is 0. The van der Waals surface area contributed by atoms with E-state index in [1.165, 1.54) is 12.3 Å². The van der Waals surface area contributed by atoms with E-state index in [1.807, 2.05) is 4.72 Å². The standard InChI is InChI=1S/C11H7ClFN3O4S/c12-8-3-4-14-6-11(8)21(19,20)15-9-2-1-7(13)5-10(9)16(17)18/h1-6,15H. The Morgan fingerprint density at radius 1 is 1.33 bits per heavy atom. The summed E-state index contributed by atoms with van der Waals surface area (Å²) in [5, 5.41) is 10.7. The molecule has 1 aromatic carbocycles. The van der Waals surface area contributed by atoms with E-state index >= 15 is 0 Å². The minimum absolute atomic E-state index is 0.0951. The van der Waals surface area contributed by atoms with Gasteiger partial charge in [-0.15, -0.1) is 0 Å². The molecular formula is C11H7ClFN3O4S. The molecule has 0 fully saturated rings. The Balaban J connectivity index is 2.47. The molecule has 2 aromatic rings. The molecule has 0 saturated carbocycles. The Labute approximate surface area is 123 Å². The van der Waals surface area contributed by atoms with Crippen molar-refractivity contribution in [2.45, 2.75) is 4.90 Å². The van der Waals surface area contributed by atoms with Crippen LogP contribution in [-0.4, -0.2) is 18.3 Å². The summed E-state index contributed by atoms with van der Waals surface area (Å²) in [6.07, 6.45) is 2.29. The van der Waals surface area contributed by atoms with Gasteiger partial charge in [0.15, 0.2) is 0 Å². The predicted molar refractivity (Wildman–Crippen MR) is 73.1 cm³/mol. The van der Waals surface area contributed by atoms with Gasteiger partial charge >= 0.3 is 0 Å². The molecule has 0 amide bonds. The van der Waals surface area contributed by atoms with Gasteiger partial charge < -0.3 is 0 Å². The number of sulfonamides is 1. The third kappa shape index (κ3) is 3.26. The zero-order chi connectivity index (χ0) is 15.6. The van der Waals surface area contributed by atoms with Crippen molar-refractivity contribution in [3.8, 4) is 0 Å². The Hall–Kier alpha value is -2.26. The molecule has 1 aromatic heterocycles. The SMILES string of the molecule is O=[N+]([O-])c1cc(F)ccc1NS(=O)(=O)c1cnccc1Cl. The lowest BCUT2D eigenvalue weighted by molar-refractivity contribution is -0.384. The van der Waals surface area contributed by atoms with Gasteiger partial charge in [-0.3, -0.25) is 19.8 Å². The average molecular weight is 332 g/mol. The summed E-state index contributed by atoms with van der Waals surface area (Å²) in [7, 11) is -4.18. The molecule has 10 heteroatoms. The predicted octanol–water partition coefficient (Wildman–Crippen LogP) is 2.58. The summed E-state index contributed by atoms with van der Waals surface area (Å²) in [4.78, 5) is 13.2. The molecule has 0 unspecified atom stereocenters. The highest BCUT2D eigenvalue weighted by atomic mass is 35.5. The molecule has 0 atom stereocenters. The number of nitro groups is 1. The van der Waals surface area contributed by atoms with Crippen LogP contribution in [-0.2, 0) is 10.0 Å². The molecule has 110 valence electrons. The fourth-order valence-electron chi connectivity index (χ4n) is 1.50. The first kappa shape index (κ1) is 15.1. The van der Waals surface area contributed by atoms with E-state index in [0.29, 0.717) is 6.07 Å². The number of hydrogen-bond donors (Lipinski definition) is 1. The quantitative estimate of drug-likeness (QED) is 0.685. The lowest BCUT2D eigenvalue weighted by atomic mass is 10.3. The van der Waals surface area contributed by atoms with E-state index in [9.17, 15) is 22.9 Å². The molecule has 21 heavy (non-hydrogen) atoms. The number of hydrogen-bond acceptors (Lipinski definition) is 5. The first-order valence-corrected chi connectivity index (χ1v) is 7.23. The maximum Gasteiger partial charge on any atom is 0.296 e. The van der Waals surface area contributed by atoms with Crippen molar-refractivity contribution >= 4 is 33.0 Å². The second-order valence-electron chi connectivity index (χ2n) is 3.83. The number of halogens is 2. The third-order valence-electron chi connectivity index (χ3n) is 2.42. The summed E-state index contributed by atoms with van der Waals surface area (Å²) in [5.41, 5.74) is -1.08. The smallest absolute Gasteiger partial charge is 0.273 e. The van der Waals surface area contributed by atoms with Gasteiger partial charge in [-0.25, -0.2) is 12.8 Å². The number of nitro benzene ring substituents is 1. The zero-order valence-corrected chi connectivity index (χ0v) is 11.7. The van der Waals surface area contributed by atoms with Crippen molar-refractivity contribution in [3.63, 3.8) is 0 Å². The summed E-state index contributed by atoms with van der Waals surface area (Å²) in [6, 6.07) is 3.73. The van der Waals surface area contributed by atoms with E-state index < -0.39 is 26.5 Å². The number of benzene rings is 1. The molecule has 0 spiro atoms. The van der Waals surface area contributed by atoms with Crippen LogP contribution in [0.5, 0.6) is 0 Å². The van der Waals surface area contributed by atoms with Crippen LogP contribution in [0, 0.1) is 15.9 Å². The molecule has 7 nitrogen and oxygen atoms in total. The van der Waals surface area contributed by atoms with Gasteiger partial charge in [-0.1, -0.05) is 11.6 Å². The van der Waals surface area contributed by atoms with E-state index in [2.05, 4.69) is 4.98 Å². The van der Waals surface area contributed by atoms with Crippen LogP contribution < -0.4 is 4.72 Å². The van der Waals surface area contributed by atoms with E-state index in [0.717, 1.165) is 18.3 Å². The molecule has 0 aliphatic carbocycles. The second-order valence-corrected chi connectivity index (χ2v) is 5.89. The van der Waals surface area contributed by atoms with Gasteiger partial charge in [-0.2, -0.15) is 0 Å². The molecule has 0 saturated heterocycles. The van der Waals surface area contributed by atoms with Crippen molar-refractivity contribution < 1.29 is 17.7 Å². The number of aromatic nitrogens is 1. The van der Waals surface area contributed by atoms with Crippen molar-refractivity contribution in [1.82, 2.24) is 4.98 Å². The summed E-state index contributed by atoms with van der Waals surface area (Å²) >= 11 is 5.75. The van der Waals surface area contributed by atoms with Crippen LogP contribution in [0.25, 0.3) is 0 Å². The van der Waals surface area contributed by atoms with E-state index in [1.54, 1.807) is 0 Å². The number of nitrogens with zero attached hydrogens (tertiary/aromatic N) is 2. The van der Waals surface area contributed by atoms with Crippen molar-refractivity contribution in [1.29, 1.82) is 0 Å². The van der Waals surface area contributed by atoms with Crippen LogP contribution in [0.15, 0.2) is 41.6 Å². The van der Waals surface area contributed by atoms with Crippen LogP contribution in [0.4, 0.5) is 15.8 Å². The highest BCUT2D eigenvalue weighted by Crippen LogP contribution is 2.29. The van der Waals surface area contributed by atoms with Crippen LogP contribution in [0.3, 0.4) is 0 Å². The number of nitrogens with one attached hydrogen (secondary N) is 1. The van der Waals surface area contributed by atoms with Crippen molar-refractivity contribution in [2.24, 2.45) is 0 Å². The lowest BCUT2D eigenvalue weighted by Gasteiger charge is -2.09. The maximum absolute atomic E-state index is 13.0. The van der Waals surface area contributed by atoms with Gasteiger partial charge in [0.2, 0.25) is 0 Å². The monoisotopic (exact) mass is 331 g/mol. The van der Waals surface area contributed by atoms with E-state index in [4.69, 9.17) is 11.6 Å². The average Bonchev–Trinajstić information content (AvgIpc) is 2.40. The Morgan fingerprint density at radius 2 is 2.05 bits per heavy atom. The summed E-state index contributed by atoms with van der Waals surface area (Å²) in [5.74, 6) is -0.857. The first-order valence-electron chi connectivity index (χ1n) is 5.37. The third-order valence-corrected chi connectivity index (χ3v) is 4.26. The van der Waals surface area contributed by atoms with Gasteiger partial charge in [0.25, 0.3) is 15.7 Å². The molecule has 1 N–H and O–H groups in total. The number of rotatable bonds is 4. The topological polar surface area (TPSA) is 102 Å². The fourth-order valence-corrected chi connectivity index (χ4v) is 3.01. The van der Waals surface area contributed by atoms with Crippen molar-refractivity contribution in [3.05, 3.63) is 57.6 Å². The Morgan fingerprint density at radius 3 is 2.67 bits per heavy atom. The largest absolute Gasteiger partial charge is 0.296 e. The Kier molecular flexibility index (Phi) is 4.05. The highest BCUT2D eigenvalue weighted by Gasteiger charge is 2.23. The molecule has 0 radical (unpaired) electrons. The van der Waals surface area contributed by atoms with Gasteiger partial charge in [0, 0.05) is 12.4 Å². The zero-order valence-electron chi connectivity index (χ0n) is 10.2. The maximum atomic E-state index is 13.0. The lowest BCUT2D eigenvalue weighted by Crippen LogP contribution is -2.15. The van der Waals surface area contributed by atoms with Gasteiger partial charge in [-0.05, 0) is 18.2 Å². The highest BCUT2D eigenvalue weighted by molar-refractivity contribution is 7.92. The number of anilines is 1.